The van der Waals surface area contributed by atoms with Gasteiger partial charge in [-0.05, 0) is 18.6 Å². The first-order chi connectivity index (χ1) is 7.71. The second kappa shape index (κ2) is 6.30. The third-order valence-corrected chi connectivity index (χ3v) is 2.45. The number of nitrogens with one attached hydrogen (secondary N) is 2. The van der Waals surface area contributed by atoms with E-state index in [1.807, 2.05) is 13.0 Å². The predicted molar refractivity (Wildman–Crippen MR) is 60.1 cm³/mol. The summed E-state index contributed by atoms with van der Waals surface area (Å²) in [6.45, 7) is 2.71. The highest BCUT2D eigenvalue weighted by Crippen LogP contribution is 2.03. The average Bonchev–Trinajstić information content (AvgIpc) is 2.78. The highest BCUT2D eigenvalue weighted by molar-refractivity contribution is 5.87. The van der Waals surface area contributed by atoms with E-state index in [4.69, 9.17) is 5.11 Å². The van der Waals surface area contributed by atoms with Gasteiger partial charge >= 0.3 is 5.97 Å². The molecular weight excluding hydrogens is 208 g/mol. The molecule has 1 aromatic heterocycles. The lowest BCUT2D eigenvalue weighted by Gasteiger charge is -2.12. The Hall–Kier alpha value is -1.33. The summed E-state index contributed by atoms with van der Waals surface area (Å²) in [7, 11) is 1.35. The number of carbonyl (C=O) groups excluding carboxylic acids is 1. The number of hydrogen-bond donors (Lipinski definition) is 3. The molecule has 0 spiro atoms. The van der Waals surface area contributed by atoms with Crippen LogP contribution in [0.15, 0.2) is 12.1 Å². The molecule has 5 heteroatoms. The number of aliphatic hydroxyl groups excluding tert-OH is 1. The SMILES string of the molecule is CC[C@H](CO)NCc1ccc(C(=O)OC)[nH]1. The first-order valence-electron chi connectivity index (χ1n) is 5.31. The van der Waals surface area contributed by atoms with Crippen LogP contribution in [-0.2, 0) is 11.3 Å². The monoisotopic (exact) mass is 226 g/mol. The van der Waals surface area contributed by atoms with Gasteiger partial charge in [0.05, 0.1) is 13.7 Å². The number of aromatic nitrogens is 1. The second-order valence-corrected chi connectivity index (χ2v) is 3.56. The van der Waals surface area contributed by atoms with Crippen LogP contribution in [-0.4, -0.2) is 35.8 Å². The Kier molecular flexibility index (Phi) is 5.01. The van der Waals surface area contributed by atoms with Crippen molar-refractivity contribution in [1.29, 1.82) is 0 Å². The molecule has 0 bridgehead atoms. The summed E-state index contributed by atoms with van der Waals surface area (Å²) >= 11 is 0. The maximum Gasteiger partial charge on any atom is 0.354 e. The number of carbonyl (C=O) groups is 1. The minimum Gasteiger partial charge on any atom is -0.464 e. The molecule has 16 heavy (non-hydrogen) atoms. The molecule has 0 amide bonds. The van der Waals surface area contributed by atoms with E-state index in [1.54, 1.807) is 6.07 Å². The van der Waals surface area contributed by atoms with E-state index in [0.717, 1.165) is 12.1 Å². The number of methoxy groups -OCH3 is 1. The van der Waals surface area contributed by atoms with Crippen LogP contribution in [0.3, 0.4) is 0 Å². The fourth-order valence-electron chi connectivity index (χ4n) is 1.36. The zero-order valence-electron chi connectivity index (χ0n) is 9.62. The van der Waals surface area contributed by atoms with Gasteiger partial charge in [0.2, 0.25) is 0 Å². The lowest BCUT2D eigenvalue weighted by atomic mass is 10.2. The van der Waals surface area contributed by atoms with Gasteiger partial charge in [-0.2, -0.15) is 0 Å². The van der Waals surface area contributed by atoms with Gasteiger partial charge < -0.3 is 20.1 Å². The third-order valence-electron chi connectivity index (χ3n) is 2.45. The van der Waals surface area contributed by atoms with Crippen LogP contribution < -0.4 is 5.32 Å². The van der Waals surface area contributed by atoms with E-state index in [0.29, 0.717) is 12.2 Å². The summed E-state index contributed by atoms with van der Waals surface area (Å²) in [5.74, 6) is -0.375. The van der Waals surface area contributed by atoms with Gasteiger partial charge in [0.1, 0.15) is 5.69 Å². The van der Waals surface area contributed by atoms with E-state index in [-0.39, 0.29) is 18.6 Å². The van der Waals surface area contributed by atoms with E-state index in [9.17, 15) is 4.79 Å². The number of aromatic amines is 1. The van der Waals surface area contributed by atoms with E-state index < -0.39 is 0 Å². The Morgan fingerprint density at radius 3 is 2.94 bits per heavy atom. The first-order valence-corrected chi connectivity index (χ1v) is 5.31. The zero-order chi connectivity index (χ0) is 12.0. The van der Waals surface area contributed by atoms with Crippen LogP contribution in [0.2, 0.25) is 0 Å². The fourth-order valence-corrected chi connectivity index (χ4v) is 1.36. The van der Waals surface area contributed by atoms with Gasteiger partial charge in [0.15, 0.2) is 0 Å². The Bertz CT molecular complexity index is 332. The lowest BCUT2D eigenvalue weighted by molar-refractivity contribution is 0.0594. The molecule has 0 radical (unpaired) electrons. The predicted octanol–water partition coefficient (Wildman–Crippen LogP) is 0.662. The largest absolute Gasteiger partial charge is 0.464 e. The molecule has 0 aliphatic heterocycles. The van der Waals surface area contributed by atoms with Crippen LogP contribution in [0.5, 0.6) is 0 Å². The molecule has 90 valence electrons. The van der Waals surface area contributed by atoms with Gasteiger partial charge in [-0.15, -0.1) is 0 Å². The van der Waals surface area contributed by atoms with E-state index in [2.05, 4.69) is 15.0 Å². The van der Waals surface area contributed by atoms with Gasteiger partial charge in [-0.3, -0.25) is 0 Å². The van der Waals surface area contributed by atoms with Crippen LogP contribution in [0.4, 0.5) is 0 Å². The molecule has 0 aliphatic carbocycles. The molecular formula is C11H18N2O3. The molecule has 1 atom stereocenters. The maximum absolute atomic E-state index is 11.2. The molecule has 0 saturated carbocycles. The van der Waals surface area contributed by atoms with Crippen molar-refractivity contribution < 1.29 is 14.6 Å². The maximum atomic E-state index is 11.2. The summed E-state index contributed by atoms with van der Waals surface area (Å²) < 4.78 is 4.59. The van der Waals surface area contributed by atoms with Gasteiger partial charge in [0, 0.05) is 18.3 Å². The van der Waals surface area contributed by atoms with Crippen LogP contribution in [0, 0.1) is 0 Å². The van der Waals surface area contributed by atoms with Crippen LogP contribution >= 0.6 is 0 Å². The van der Waals surface area contributed by atoms with Gasteiger partial charge in [-0.1, -0.05) is 6.92 Å². The second-order valence-electron chi connectivity index (χ2n) is 3.56. The molecule has 1 heterocycles. The number of esters is 1. The zero-order valence-corrected chi connectivity index (χ0v) is 9.62. The van der Waals surface area contributed by atoms with Crippen molar-refractivity contribution >= 4 is 5.97 Å². The molecule has 0 unspecified atom stereocenters. The highest BCUT2D eigenvalue weighted by Gasteiger charge is 2.09. The number of hydrogen-bond acceptors (Lipinski definition) is 4. The number of H-pyrrole nitrogens is 1. The third kappa shape index (κ3) is 3.36. The van der Waals surface area contributed by atoms with Crippen LogP contribution in [0.1, 0.15) is 29.5 Å². The Balaban J connectivity index is 2.49. The molecule has 1 rings (SSSR count). The molecule has 0 aliphatic rings. The molecule has 3 N–H and O–H groups in total. The smallest absolute Gasteiger partial charge is 0.354 e. The Morgan fingerprint density at radius 1 is 1.62 bits per heavy atom. The van der Waals surface area contributed by atoms with Crippen molar-refractivity contribution in [3.63, 3.8) is 0 Å². The average molecular weight is 226 g/mol. The molecule has 1 aromatic rings. The van der Waals surface area contributed by atoms with Gasteiger partial charge in [0.25, 0.3) is 0 Å². The van der Waals surface area contributed by atoms with Crippen molar-refractivity contribution in [2.24, 2.45) is 0 Å². The summed E-state index contributed by atoms with van der Waals surface area (Å²) in [6.07, 6.45) is 0.862. The number of aliphatic hydroxyl groups is 1. The summed E-state index contributed by atoms with van der Waals surface area (Å²) in [4.78, 5) is 14.1. The van der Waals surface area contributed by atoms with Crippen LogP contribution in [0.25, 0.3) is 0 Å². The number of rotatable bonds is 6. The normalized spacial score (nSPS) is 12.4. The number of ether oxygens (including phenoxy) is 1. The summed E-state index contributed by atoms with van der Waals surface area (Å²) in [5, 5.41) is 12.2. The quantitative estimate of drug-likeness (QED) is 0.623. The Labute approximate surface area is 94.8 Å². The summed E-state index contributed by atoms with van der Waals surface area (Å²) in [6, 6.07) is 3.59. The van der Waals surface area contributed by atoms with E-state index >= 15 is 0 Å². The van der Waals surface area contributed by atoms with E-state index in [1.165, 1.54) is 7.11 Å². The Morgan fingerprint density at radius 2 is 2.38 bits per heavy atom. The van der Waals surface area contributed by atoms with Crippen molar-refractivity contribution in [3.8, 4) is 0 Å². The van der Waals surface area contributed by atoms with Crippen molar-refractivity contribution in [1.82, 2.24) is 10.3 Å². The van der Waals surface area contributed by atoms with Gasteiger partial charge in [-0.25, -0.2) is 4.79 Å². The van der Waals surface area contributed by atoms with Crippen molar-refractivity contribution in [3.05, 3.63) is 23.5 Å². The lowest BCUT2D eigenvalue weighted by Crippen LogP contribution is -2.31. The minimum absolute atomic E-state index is 0.0878. The molecule has 5 nitrogen and oxygen atoms in total. The topological polar surface area (TPSA) is 74.3 Å². The van der Waals surface area contributed by atoms with Crippen molar-refractivity contribution in [2.45, 2.75) is 25.9 Å². The minimum atomic E-state index is -0.375. The molecule has 0 fully saturated rings. The summed E-state index contributed by atoms with van der Waals surface area (Å²) in [5.41, 5.74) is 1.34. The fraction of sp³-hybridized carbons (Fsp3) is 0.545. The standard InChI is InChI=1S/C11H18N2O3/c1-3-8(7-14)12-6-9-4-5-10(13-9)11(15)16-2/h4-5,8,12-14H,3,6-7H2,1-2H3/t8-/m1/s1. The van der Waals surface area contributed by atoms with Crippen molar-refractivity contribution in [2.75, 3.05) is 13.7 Å². The highest BCUT2D eigenvalue weighted by atomic mass is 16.5. The first kappa shape index (κ1) is 12.7. The molecule has 0 aromatic carbocycles. The molecule has 0 saturated heterocycles.